The van der Waals surface area contributed by atoms with Gasteiger partial charge in [0.2, 0.25) is 5.91 Å². The lowest BCUT2D eigenvalue weighted by atomic mass is 10.2. The van der Waals surface area contributed by atoms with Crippen molar-refractivity contribution >= 4 is 11.9 Å². The zero-order valence-corrected chi connectivity index (χ0v) is 11.7. The third kappa shape index (κ3) is 3.93. The maximum atomic E-state index is 12.0. The van der Waals surface area contributed by atoms with Gasteiger partial charge in [0.05, 0.1) is 13.2 Å². The number of likely N-dealkylation sites (tertiary alicyclic amines) is 1. The molecule has 1 aliphatic heterocycles. The Bertz CT molecular complexity index is 327. The van der Waals surface area contributed by atoms with Crippen molar-refractivity contribution in [3.8, 4) is 0 Å². The van der Waals surface area contributed by atoms with E-state index in [0.717, 1.165) is 32.2 Å². The second kappa shape index (κ2) is 6.89. The van der Waals surface area contributed by atoms with Crippen molar-refractivity contribution in [2.45, 2.75) is 57.5 Å². The Balaban J connectivity index is 1.79. The van der Waals surface area contributed by atoms with Gasteiger partial charge in [-0.2, -0.15) is 0 Å². The lowest BCUT2D eigenvalue weighted by Crippen LogP contribution is -2.45. The van der Waals surface area contributed by atoms with Crippen LogP contribution in [0, 0.1) is 0 Å². The topological polar surface area (TPSA) is 58.6 Å². The fourth-order valence-electron chi connectivity index (χ4n) is 3.05. The minimum absolute atomic E-state index is 0.0445. The summed E-state index contributed by atoms with van der Waals surface area (Å²) in [4.78, 5) is 25.7. The minimum Gasteiger partial charge on any atom is -0.465 e. The first-order chi connectivity index (χ1) is 9.20. The average molecular weight is 268 g/mol. The maximum absolute atomic E-state index is 12.0. The first kappa shape index (κ1) is 14.3. The van der Waals surface area contributed by atoms with E-state index >= 15 is 0 Å². The molecular formula is C14H24N2O3. The van der Waals surface area contributed by atoms with Crippen LogP contribution >= 0.6 is 0 Å². The highest BCUT2D eigenvalue weighted by Gasteiger charge is 2.33. The van der Waals surface area contributed by atoms with E-state index in [9.17, 15) is 9.59 Å². The summed E-state index contributed by atoms with van der Waals surface area (Å²) < 4.78 is 5.06. The Morgan fingerprint density at radius 1 is 1.21 bits per heavy atom. The summed E-state index contributed by atoms with van der Waals surface area (Å²) >= 11 is 0. The minimum atomic E-state index is -0.228. The van der Waals surface area contributed by atoms with Gasteiger partial charge in [-0.15, -0.1) is 0 Å². The van der Waals surface area contributed by atoms with E-state index in [0.29, 0.717) is 19.2 Å². The van der Waals surface area contributed by atoms with Gasteiger partial charge in [0, 0.05) is 6.04 Å². The predicted molar refractivity (Wildman–Crippen MR) is 71.6 cm³/mol. The fraction of sp³-hybridized carbons (Fsp3) is 0.857. The van der Waals surface area contributed by atoms with Crippen LogP contribution in [0.2, 0.25) is 0 Å². The Hall–Kier alpha value is -1.10. The number of carbonyl (C=O) groups is 2. The maximum Gasteiger partial charge on any atom is 0.323 e. The normalized spacial score (nSPS) is 24.6. The molecule has 1 atom stereocenters. The van der Waals surface area contributed by atoms with Crippen LogP contribution in [-0.4, -0.2) is 48.6 Å². The van der Waals surface area contributed by atoms with Gasteiger partial charge < -0.3 is 10.1 Å². The van der Waals surface area contributed by atoms with Crippen molar-refractivity contribution in [3.63, 3.8) is 0 Å². The van der Waals surface area contributed by atoms with Gasteiger partial charge in [-0.25, -0.2) is 0 Å². The summed E-state index contributed by atoms with van der Waals surface area (Å²) in [5.41, 5.74) is 0. The van der Waals surface area contributed by atoms with Crippen molar-refractivity contribution in [3.05, 3.63) is 0 Å². The molecule has 5 nitrogen and oxygen atoms in total. The molecule has 0 aromatic carbocycles. The first-order valence-electron chi connectivity index (χ1n) is 7.40. The molecule has 0 bridgehead atoms. The third-order valence-electron chi connectivity index (χ3n) is 3.99. The summed E-state index contributed by atoms with van der Waals surface area (Å²) in [7, 11) is 0. The van der Waals surface area contributed by atoms with Crippen LogP contribution in [0.4, 0.5) is 0 Å². The molecule has 1 unspecified atom stereocenters. The number of esters is 1. The molecule has 1 N–H and O–H groups in total. The molecule has 0 aromatic rings. The SMILES string of the molecule is CCOC(=O)C1CCCN1CC(=O)NC1CCCC1. The van der Waals surface area contributed by atoms with Gasteiger partial charge in [0.1, 0.15) is 6.04 Å². The van der Waals surface area contributed by atoms with Crippen molar-refractivity contribution in [2.75, 3.05) is 19.7 Å². The summed E-state index contributed by atoms with van der Waals surface area (Å²) in [6, 6.07) is 0.116. The van der Waals surface area contributed by atoms with Crippen LogP contribution in [0.3, 0.4) is 0 Å². The van der Waals surface area contributed by atoms with Crippen LogP contribution in [-0.2, 0) is 14.3 Å². The fourth-order valence-corrected chi connectivity index (χ4v) is 3.05. The van der Waals surface area contributed by atoms with Gasteiger partial charge in [-0.1, -0.05) is 12.8 Å². The molecule has 1 saturated carbocycles. The van der Waals surface area contributed by atoms with Crippen LogP contribution in [0.15, 0.2) is 0 Å². The molecule has 0 spiro atoms. The molecule has 1 heterocycles. The zero-order chi connectivity index (χ0) is 13.7. The third-order valence-corrected chi connectivity index (χ3v) is 3.99. The predicted octanol–water partition coefficient (Wildman–Crippen LogP) is 1.07. The number of carbonyl (C=O) groups excluding carboxylic acids is 2. The number of hydrogen-bond acceptors (Lipinski definition) is 4. The highest BCUT2D eigenvalue weighted by atomic mass is 16.5. The molecule has 0 aromatic heterocycles. The monoisotopic (exact) mass is 268 g/mol. The quantitative estimate of drug-likeness (QED) is 0.758. The van der Waals surface area contributed by atoms with Crippen LogP contribution in [0.1, 0.15) is 45.4 Å². The summed E-state index contributed by atoms with van der Waals surface area (Å²) in [5, 5.41) is 3.06. The lowest BCUT2D eigenvalue weighted by Gasteiger charge is -2.23. The number of rotatable bonds is 5. The van der Waals surface area contributed by atoms with Gasteiger partial charge >= 0.3 is 5.97 Å². The highest BCUT2D eigenvalue weighted by Crippen LogP contribution is 2.19. The van der Waals surface area contributed by atoms with E-state index in [1.807, 2.05) is 11.8 Å². The van der Waals surface area contributed by atoms with Crippen LogP contribution < -0.4 is 5.32 Å². The molecule has 2 aliphatic rings. The number of nitrogens with zero attached hydrogens (tertiary/aromatic N) is 1. The molecule has 1 aliphatic carbocycles. The van der Waals surface area contributed by atoms with Gasteiger partial charge in [0.25, 0.3) is 0 Å². The molecule has 1 amide bonds. The van der Waals surface area contributed by atoms with Crippen molar-refractivity contribution < 1.29 is 14.3 Å². The van der Waals surface area contributed by atoms with Crippen LogP contribution in [0.5, 0.6) is 0 Å². The summed E-state index contributed by atoms with van der Waals surface area (Å²) in [6.45, 7) is 3.34. The average Bonchev–Trinajstić information content (AvgIpc) is 3.00. The molecule has 19 heavy (non-hydrogen) atoms. The Labute approximate surface area is 114 Å². The van der Waals surface area contributed by atoms with Gasteiger partial charge in [-0.3, -0.25) is 14.5 Å². The van der Waals surface area contributed by atoms with E-state index in [4.69, 9.17) is 4.74 Å². The van der Waals surface area contributed by atoms with Crippen molar-refractivity contribution in [2.24, 2.45) is 0 Å². The second-order valence-corrected chi connectivity index (χ2v) is 5.43. The zero-order valence-electron chi connectivity index (χ0n) is 11.7. The van der Waals surface area contributed by atoms with Crippen LogP contribution in [0.25, 0.3) is 0 Å². The first-order valence-corrected chi connectivity index (χ1v) is 7.40. The van der Waals surface area contributed by atoms with E-state index in [2.05, 4.69) is 5.32 Å². The molecule has 2 rings (SSSR count). The summed E-state index contributed by atoms with van der Waals surface area (Å²) in [5.74, 6) is -0.142. The number of nitrogens with one attached hydrogen (secondary N) is 1. The van der Waals surface area contributed by atoms with Crippen molar-refractivity contribution in [1.29, 1.82) is 0 Å². The summed E-state index contributed by atoms with van der Waals surface area (Å²) in [6.07, 6.45) is 6.36. The molecule has 2 fully saturated rings. The highest BCUT2D eigenvalue weighted by molar-refractivity contribution is 5.81. The molecular weight excluding hydrogens is 244 g/mol. The van der Waals surface area contributed by atoms with E-state index in [1.54, 1.807) is 0 Å². The Morgan fingerprint density at radius 3 is 2.63 bits per heavy atom. The number of hydrogen-bond donors (Lipinski definition) is 1. The van der Waals surface area contributed by atoms with E-state index in [1.165, 1.54) is 12.8 Å². The molecule has 0 radical (unpaired) electrons. The second-order valence-electron chi connectivity index (χ2n) is 5.43. The Kier molecular flexibility index (Phi) is 5.19. The number of amides is 1. The van der Waals surface area contributed by atoms with Gasteiger partial charge in [0.15, 0.2) is 0 Å². The van der Waals surface area contributed by atoms with Crippen molar-refractivity contribution in [1.82, 2.24) is 10.2 Å². The number of ether oxygens (including phenoxy) is 1. The molecule has 5 heteroatoms. The standard InChI is InChI=1S/C14H24N2O3/c1-2-19-14(18)12-8-5-9-16(12)10-13(17)15-11-6-3-4-7-11/h11-12H,2-10H2,1H3,(H,15,17). The smallest absolute Gasteiger partial charge is 0.323 e. The largest absolute Gasteiger partial charge is 0.465 e. The lowest BCUT2D eigenvalue weighted by molar-refractivity contribution is -0.148. The van der Waals surface area contributed by atoms with E-state index in [-0.39, 0.29) is 17.9 Å². The Morgan fingerprint density at radius 2 is 1.95 bits per heavy atom. The van der Waals surface area contributed by atoms with E-state index < -0.39 is 0 Å². The van der Waals surface area contributed by atoms with Gasteiger partial charge in [-0.05, 0) is 39.2 Å². The molecule has 108 valence electrons. The molecule has 1 saturated heterocycles.